The summed E-state index contributed by atoms with van der Waals surface area (Å²) in [5, 5.41) is 0. The number of rotatable bonds is 6. The van der Waals surface area contributed by atoms with Crippen molar-refractivity contribution in [2.45, 2.75) is 0 Å². The molecule has 1 aliphatic rings. The predicted molar refractivity (Wildman–Crippen MR) is 109 cm³/mol. The molecule has 2 aromatic carbocycles. The molecule has 3 rings (SSSR count). The van der Waals surface area contributed by atoms with Crippen molar-refractivity contribution in [3.05, 3.63) is 59.4 Å². The maximum absolute atomic E-state index is 13.8. The highest BCUT2D eigenvalue weighted by molar-refractivity contribution is 6.09. The Hall–Kier alpha value is -2.86. The Morgan fingerprint density at radius 1 is 1.04 bits per heavy atom. The highest BCUT2D eigenvalue weighted by Gasteiger charge is 2.22. The van der Waals surface area contributed by atoms with Crippen LogP contribution in [0.15, 0.2) is 42.5 Å². The first kappa shape index (κ1) is 19.9. The number of hydrogen-bond donors (Lipinski definition) is 0. The molecule has 0 radical (unpaired) electrons. The first-order valence-corrected chi connectivity index (χ1v) is 9.20. The lowest BCUT2D eigenvalue weighted by Crippen LogP contribution is -2.44. The van der Waals surface area contributed by atoms with Gasteiger partial charge in [0, 0.05) is 37.8 Å². The number of carbonyl (C=O) groups is 1. The van der Waals surface area contributed by atoms with Crippen LogP contribution in [-0.2, 0) is 0 Å². The van der Waals surface area contributed by atoms with Gasteiger partial charge in [-0.2, -0.15) is 0 Å². The Kier molecular flexibility index (Phi) is 6.31. The highest BCUT2D eigenvalue weighted by atomic mass is 19.1. The van der Waals surface area contributed by atoms with E-state index in [0.29, 0.717) is 22.6 Å². The molecule has 1 saturated heterocycles. The largest absolute Gasteiger partial charge is 0.496 e. The summed E-state index contributed by atoms with van der Waals surface area (Å²) in [4.78, 5) is 17.3. The van der Waals surface area contributed by atoms with Gasteiger partial charge in [-0.15, -0.1) is 0 Å². The van der Waals surface area contributed by atoms with Crippen LogP contribution in [0.5, 0.6) is 11.5 Å². The van der Waals surface area contributed by atoms with Gasteiger partial charge in [0.1, 0.15) is 17.3 Å². The Bertz CT molecular complexity index is 874. The number of halogens is 1. The molecule has 0 aromatic heterocycles. The standard InChI is InChI=1S/C22H25FN2O3/c1-24-10-12-25(13-11-24)19-14-17(21(27-2)15-22(19)28-3)20(26)9-8-16-6-4-5-7-18(16)23/h4-9,14-15H,10-13H2,1-3H3/b9-8+. The number of methoxy groups -OCH3 is 2. The lowest BCUT2D eigenvalue weighted by atomic mass is 10.0. The quantitative estimate of drug-likeness (QED) is 0.563. The van der Waals surface area contributed by atoms with Crippen molar-refractivity contribution in [3.63, 3.8) is 0 Å². The number of nitrogens with zero attached hydrogens (tertiary/aromatic N) is 2. The summed E-state index contributed by atoms with van der Waals surface area (Å²) < 4.78 is 24.8. The molecule has 1 aliphatic heterocycles. The molecule has 0 spiro atoms. The van der Waals surface area contributed by atoms with Crippen LogP contribution in [0.1, 0.15) is 15.9 Å². The van der Waals surface area contributed by atoms with E-state index in [-0.39, 0.29) is 11.6 Å². The first-order chi connectivity index (χ1) is 13.5. The van der Waals surface area contributed by atoms with Crippen LogP contribution in [0.2, 0.25) is 0 Å². The molecule has 148 valence electrons. The Morgan fingerprint density at radius 2 is 1.71 bits per heavy atom. The summed E-state index contributed by atoms with van der Waals surface area (Å²) in [6, 6.07) is 9.87. The average Bonchev–Trinajstić information content (AvgIpc) is 2.72. The summed E-state index contributed by atoms with van der Waals surface area (Å²) in [6.45, 7) is 3.56. The number of anilines is 1. The minimum Gasteiger partial charge on any atom is -0.496 e. The highest BCUT2D eigenvalue weighted by Crippen LogP contribution is 2.36. The zero-order valence-corrected chi connectivity index (χ0v) is 16.4. The molecule has 1 heterocycles. The summed E-state index contributed by atoms with van der Waals surface area (Å²) in [6.07, 6.45) is 2.85. The summed E-state index contributed by atoms with van der Waals surface area (Å²) in [5.41, 5.74) is 1.64. The minimum absolute atomic E-state index is 0.252. The molecule has 5 nitrogen and oxygen atoms in total. The van der Waals surface area contributed by atoms with Gasteiger partial charge in [0.15, 0.2) is 5.78 Å². The van der Waals surface area contributed by atoms with Gasteiger partial charge in [-0.1, -0.05) is 18.2 Å². The molecule has 0 amide bonds. The number of ketones is 1. The molecule has 0 saturated carbocycles. The van der Waals surface area contributed by atoms with E-state index in [1.54, 1.807) is 37.4 Å². The topological polar surface area (TPSA) is 42.0 Å². The summed E-state index contributed by atoms with van der Waals surface area (Å²) >= 11 is 0. The van der Waals surface area contributed by atoms with Gasteiger partial charge in [0.2, 0.25) is 0 Å². The zero-order chi connectivity index (χ0) is 20.1. The second-order valence-corrected chi connectivity index (χ2v) is 6.73. The summed E-state index contributed by atoms with van der Waals surface area (Å²) in [7, 11) is 5.21. The van der Waals surface area contributed by atoms with Gasteiger partial charge >= 0.3 is 0 Å². The van der Waals surface area contributed by atoms with E-state index in [4.69, 9.17) is 9.47 Å². The van der Waals surface area contributed by atoms with Crippen LogP contribution in [0.25, 0.3) is 6.08 Å². The number of benzene rings is 2. The lowest BCUT2D eigenvalue weighted by Gasteiger charge is -2.35. The second-order valence-electron chi connectivity index (χ2n) is 6.73. The summed E-state index contributed by atoms with van der Waals surface area (Å²) in [5.74, 6) is 0.471. The lowest BCUT2D eigenvalue weighted by molar-refractivity contribution is 0.104. The molecule has 0 N–H and O–H groups in total. The molecule has 0 atom stereocenters. The third kappa shape index (κ3) is 4.34. The number of hydrogen-bond acceptors (Lipinski definition) is 5. The van der Waals surface area contributed by atoms with Gasteiger partial charge in [-0.05, 0) is 31.3 Å². The monoisotopic (exact) mass is 384 g/mol. The number of ether oxygens (including phenoxy) is 2. The van der Waals surface area contributed by atoms with E-state index in [1.165, 1.54) is 25.3 Å². The van der Waals surface area contributed by atoms with E-state index in [0.717, 1.165) is 31.9 Å². The molecular formula is C22H25FN2O3. The van der Waals surface area contributed by atoms with Crippen molar-refractivity contribution >= 4 is 17.5 Å². The second kappa shape index (κ2) is 8.89. The molecule has 0 aliphatic carbocycles. The first-order valence-electron chi connectivity index (χ1n) is 9.20. The molecule has 28 heavy (non-hydrogen) atoms. The Balaban J connectivity index is 1.93. The normalized spacial score (nSPS) is 15.1. The van der Waals surface area contributed by atoms with Gasteiger partial charge in [-0.3, -0.25) is 4.79 Å². The number of carbonyl (C=O) groups excluding carboxylic acids is 1. The average molecular weight is 384 g/mol. The Labute approximate surface area is 165 Å². The zero-order valence-electron chi connectivity index (χ0n) is 16.4. The van der Waals surface area contributed by atoms with E-state index >= 15 is 0 Å². The smallest absolute Gasteiger partial charge is 0.189 e. The van der Waals surface area contributed by atoms with Crippen molar-refractivity contribution in [2.24, 2.45) is 0 Å². The van der Waals surface area contributed by atoms with Crippen LogP contribution in [0, 0.1) is 5.82 Å². The van der Waals surface area contributed by atoms with E-state index < -0.39 is 0 Å². The number of allylic oxidation sites excluding steroid dienone is 1. The third-order valence-electron chi connectivity index (χ3n) is 4.93. The molecule has 2 aromatic rings. The van der Waals surface area contributed by atoms with Gasteiger partial charge < -0.3 is 19.3 Å². The van der Waals surface area contributed by atoms with E-state index in [2.05, 4.69) is 16.8 Å². The maximum atomic E-state index is 13.8. The molecule has 0 unspecified atom stereocenters. The molecule has 1 fully saturated rings. The fourth-order valence-corrected chi connectivity index (χ4v) is 3.23. The van der Waals surface area contributed by atoms with Crippen LogP contribution < -0.4 is 14.4 Å². The molecular weight excluding hydrogens is 359 g/mol. The maximum Gasteiger partial charge on any atom is 0.189 e. The van der Waals surface area contributed by atoms with Crippen molar-refractivity contribution < 1.29 is 18.7 Å². The van der Waals surface area contributed by atoms with Crippen molar-refractivity contribution in [1.82, 2.24) is 4.90 Å². The van der Waals surface area contributed by atoms with Crippen LogP contribution >= 0.6 is 0 Å². The SMILES string of the molecule is COc1cc(OC)c(N2CCN(C)CC2)cc1C(=O)/C=C/c1ccccc1F. The third-order valence-corrected chi connectivity index (χ3v) is 4.93. The number of likely N-dealkylation sites (N-methyl/N-ethyl adjacent to an activating group) is 1. The van der Waals surface area contributed by atoms with Gasteiger partial charge in [0.25, 0.3) is 0 Å². The predicted octanol–water partition coefficient (Wildman–Crippen LogP) is 3.49. The van der Waals surface area contributed by atoms with E-state index in [1.807, 2.05) is 0 Å². The molecule has 0 bridgehead atoms. The minimum atomic E-state index is -0.369. The van der Waals surface area contributed by atoms with Crippen LogP contribution in [0.4, 0.5) is 10.1 Å². The van der Waals surface area contributed by atoms with Crippen molar-refractivity contribution in [1.29, 1.82) is 0 Å². The Morgan fingerprint density at radius 3 is 2.36 bits per heavy atom. The van der Waals surface area contributed by atoms with Crippen molar-refractivity contribution in [2.75, 3.05) is 52.3 Å². The van der Waals surface area contributed by atoms with Gasteiger partial charge in [0.05, 0.1) is 25.5 Å². The van der Waals surface area contributed by atoms with E-state index in [9.17, 15) is 9.18 Å². The number of piperazine rings is 1. The molecule has 6 heteroatoms. The van der Waals surface area contributed by atoms with Crippen molar-refractivity contribution in [3.8, 4) is 11.5 Å². The van der Waals surface area contributed by atoms with Gasteiger partial charge in [-0.25, -0.2) is 4.39 Å². The fourth-order valence-electron chi connectivity index (χ4n) is 3.23. The van der Waals surface area contributed by atoms with Crippen LogP contribution in [-0.4, -0.2) is 58.1 Å². The fraction of sp³-hybridized carbons (Fsp3) is 0.318. The van der Waals surface area contributed by atoms with Crippen LogP contribution in [0.3, 0.4) is 0 Å².